The fraction of sp³-hybridized carbons (Fsp3) is 1.00. The van der Waals surface area contributed by atoms with Gasteiger partial charge in [0.05, 0.1) is 0 Å². The van der Waals surface area contributed by atoms with Crippen LogP contribution in [0.4, 0.5) is 0 Å². The van der Waals surface area contributed by atoms with Crippen molar-refractivity contribution >= 4 is 0 Å². The van der Waals surface area contributed by atoms with Crippen LogP contribution in [0.5, 0.6) is 0 Å². The third-order valence-corrected chi connectivity index (χ3v) is 4.71. The van der Waals surface area contributed by atoms with E-state index in [0.717, 1.165) is 5.92 Å². The number of nitrogens with two attached hydrogens (primary N) is 1. The Labute approximate surface area is 94.2 Å². The molecule has 0 bridgehead atoms. The maximum atomic E-state index is 6.33. The molecule has 0 aromatic heterocycles. The van der Waals surface area contributed by atoms with Gasteiger partial charge in [0, 0.05) is 24.7 Å². The van der Waals surface area contributed by atoms with Crippen LogP contribution in [0.2, 0.25) is 0 Å². The zero-order valence-corrected chi connectivity index (χ0v) is 10.7. The van der Waals surface area contributed by atoms with Crippen molar-refractivity contribution in [2.75, 3.05) is 6.54 Å². The van der Waals surface area contributed by atoms with Crippen LogP contribution in [0, 0.1) is 11.3 Å². The normalized spacial score (nSPS) is 35.4. The summed E-state index contributed by atoms with van der Waals surface area (Å²) in [5.41, 5.74) is 6.89. The number of nitrogens with zero attached hydrogens (tertiary/aromatic N) is 1. The van der Waals surface area contributed by atoms with Crippen LogP contribution >= 0.6 is 0 Å². The average Bonchev–Trinajstić information content (AvgIpc) is 2.85. The van der Waals surface area contributed by atoms with Crippen molar-refractivity contribution in [2.45, 2.75) is 65.1 Å². The molecule has 1 saturated carbocycles. The molecule has 0 amide bonds. The Morgan fingerprint density at radius 2 is 1.80 bits per heavy atom. The summed E-state index contributed by atoms with van der Waals surface area (Å²) in [5.74, 6) is 0.785. The summed E-state index contributed by atoms with van der Waals surface area (Å²) >= 11 is 0. The Hall–Kier alpha value is -0.0800. The lowest BCUT2D eigenvalue weighted by Crippen LogP contribution is -2.50. The van der Waals surface area contributed by atoms with Gasteiger partial charge < -0.3 is 5.73 Å². The molecule has 1 aliphatic heterocycles. The number of likely N-dealkylation sites (tertiary alicyclic amines) is 1. The van der Waals surface area contributed by atoms with Crippen molar-refractivity contribution < 1.29 is 0 Å². The fourth-order valence-electron chi connectivity index (χ4n) is 3.54. The molecule has 2 heteroatoms. The monoisotopic (exact) mass is 210 g/mol. The van der Waals surface area contributed by atoms with E-state index in [2.05, 4.69) is 32.6 Å². The molecule has 2 fully saturated rings. The molecule has 2 nitrogen and oxygen atoms in total. The molecule has 0 aromatic rings. The first kappa shape index (κ1) is 11.4. The van der Waals surface area contributed by atoms with Crippen molar-refractivity contribution in [3.05, 3.63) is 0 Å². The highest BCUT2D eigenvalue weighted by atomic mass is 15.2. The number of hydrogen-bond donors (Lipinski definition) is 1. The summed E-state index contributed by atoms with van der Waals surface area (Å²) in [5, 5.41) is 0. The minimum atomic E-state index is 0.414. The van der Waals surface area contributed by atoms with Gasteiger partial charge >= 0.3 is 0 Å². The zero-order valence-electron chi connectivity index (χ0n) is 10.7. The summed E-state index contributed by atoms with van der Waals surface area (Å²) < 4.78 is 0. The number of rotatable bonds is 3. The highest BCUT2D eigenvalue weighted by molar-refractivity contribution is 5.11. The van der Waals surface area contributed by atoms with E-state index in [-0.39, 0.29) is 0 Å². The maximum absolute atomic E-state index is 6.33. The molecule has 88 valence electrons. The van der Waals surface area contributed by atoms with Crippen LogP contribution in [0.3, 0.4) is 0 Å². The molecule has 15 heavy (non-hydrogen) atoms. The molecular weight excluding hydrogens is 184 g/mol. The van der Waals surface area contributed by atoms with Gasteiger partial charge in [-0.25, -0.2) is 0 Å². The molecule has 1 heterocycles. The van der Waals surface area contributed by atoms with Crippen LogP contribution < -0.4 is 5.73 Å². The van der Waals surface area contributed by atoms with Gasteiger partial charge in [0.25, 0.3) is 0 Å². The fourth-order valence-corrected chi connectivity index (χ4v) is 3.54. The predicted molar refractivity (Wildman–Crippen MR) is 64.7 cm³/mol. The lowest BCUT2D eigenvalue weighted by molar-refractivity contribution is 0.102. The molecule has 2 atom stereocenters. The molecule has 2 rings (SSSR count). The Morgan fingerprint density at radius 3 is 2.20 bits per heavy atom. The van der Waals surface area contributed by atoms with Crippen LogP contribution in [0.25, 0.3) is 0 Å². The first-order valence-electron chi connectivity index (χ1n) is 6.50. The van der Waals surface area contributed by atoms with Crippen molar-refractivity contribution in [1.29, 1.82) is 0 Å². The van der Waals surface area contributed by atoms with Gasteiger partial charge in [-0.1, -0.05) is 13.8 Å². The van der Waals surface area contributed by atoms with Crippen LogP contribution in [0.1, 0.15) is 47.0 Å². The van der Waals surface area contributed by atoms with Crippen molar-refractivity contribution in [2.24, 2.45) is 17.1 Å². The largest absolute Gasteiger partial charge is 0.326 e. The first-order valence-corrected chi connectivity index (χ1v) is 6.50. The average molecular weight is 210 g/mol. The minimum Gasteiger partial charge on any atom is -0.326 e. The molecular formula is C13H26N2. The topological polar surface area (TPSA) is 29.3 Å². The van der Waals surface area contributed by atoms with E-state index in [0.29, 0.717) is 23.5 Å². The van der Waals surface area contributed by atoms with Gasteiger partial charge in [-0.3, -0.25) is 4.90 Å². The van der Waals surface area contributed by atoms with Crippen LogP contribution in [-0.2, 0) is 0 Å². The molecule has 0 spiro atoms. The van der Waals surface area contributed by atoms with E-state index in [1.165, 1.54) is 25.8 Å². The van der Waals surface area contributed by atoms with Crippen LogP contribution in [-0.4, -0.2) is 29.6 Å². The first-order chi connectivity index (χ1) is 6.99. The SMILES string of the molecule is CC(C)N1CC[C@@H](N)[C@@H]1C1(C(C)C)CC1. The van der Waals surface area contributed by atoms with Gasteiger partial charge in [-0.15, -0.1) is 0 Å². The third-order valence-electron chi connectivity index (χ3n) is 4.71. The van der Waals surface area contributed by atoms with E-state index in [9.17, 15) is 0 Å². The smallest absolute Gasteiger partial charge is 0.0309 e. The minimum absolute atomic E-state index is 0.414. The van der Waals surface area contributed by atoms with E-state index < -0.39 is 0 Å². The third kappa shape index (κ3) is 1.72. The van der Waals surface area contributed by atoms with Gasteiger partial charge in [0.15, 0.2) is 0 Å². The quantitative estimate of drug-likeness (QED) is 0.774. The van der Waals surface area contributed by atoms with E-state index in [1.807, 2.05) is 0 Å². The predicted octanol–water partition coefficient (Wildman–Crippen LogP) is 2.23. The van der Waals surface area contributed by atoms with Crippen molar-refractivity contribution in [1.82, 2.24) is 4.90 Å². The van der Waals surface area contributed by atoms with Crippen molar-refractivity contribution in [3.63, 3.8) is 0 Å². The van der Waals surface area contributed by atoms with E-state index >= 15 is 0 Å². The Morgan fingerprint density at radius 1 is 1.20 bits per heavy atom. The summed E-state index contributed by atoms with van der Waals surface area (Å²) in [7, 11) is 0. The highest BCUT2D eigenvalue weighted by Gasteiger charge is 2.57. The highest BCUT2D eigenvalue weighted by Crippen LogP contribution is 2.58. The van der Waals surface area contributed by atoms with Crippen molar-refractivity contribution in [3.8, 4) is 0 Å². The second-order valence-corrected chi connectivity index (χ2v) is 6.12. The van der Waals surface area contributed by atoms with E-state index in [1.54, 1.807) is 0 Å². The second-order valence-electron chi connectivity index (χ2n) is 6.12. The molecule has 2 N–H and O–H groups in total. The van der Waals surface area contributed by atoms with Gasteiger partial charge in [0.1, 0.15) is 0 Å². The lowest BCUT2D eigenvalue weighted by atomic mass is 9.81. The zero-order chi connectivity index (χ0) is 11.2. The summed E-state index contributed by atoms with van der Waals surface area (Å²) in [6.07, 6.45) is 3.98. The summed E-state index contributed by atoms with van der Waals surface area (Å²) in [4.78, 5) is 2.65. The maximum Gasteiger partial charge on any atom is 0.0309 e. The van der Waals surface area contributed by atoms with Gasteiger partial charge in [0.2, 0.25) is 0 Å². The molecule has 2 aliphatic rings. The molecule has 1 saturated heterocycles. The number of hydrogen-bond acceptors (Lipinski definition) is 2. The van der Waals surface area contributed by atoms with Crippen LogP contribution in [0.15, 0.2) is 0 Å². The molecule has 0 unspecified atom stereocenters. The van der Waals surface area contributed by atoms with Gasteiger partial charge in [-0.2, -0.15) is 0 Å². The van der Waals surface area contributed by atoms with E-state index in [4.69, 9.17) is 5.73 Å². The lowest BCUT2D eigenvalue weighted by Gasteiger charge is -2.38. The Balaban J connectivity index is 2.18. The second kappa shape index (κ2) is 3.74. The molecule has 1 aliphatic carbocycles. The summed E-state index contributed by atoms with van der Waals surface area (Å²) in [6, 6.07) is 1.72. The Bertz CT molecular complexity index is 231. The summed E-state index contributed by atoms with van der Waals surface area (Å²) in [6.45, 7) is 10.6. The Kier molecular flexibility index (Phi) is 2.85. The van der Waals surface area contributed by atoms with Gasteiger partial charge in [-0.05, 0) is 44.4 Å². The molecule has 0 aromatic carbocycles. The molecule has 0 radical (unpaired) electrons. The standard InChI is InChI=1S/C13H26N2/c1-9(2)13(6-7-13)12-11(14)5-8-15(12)10(3)4/h9-12H,5-8,14H2,1-4H3/t11-,12-/m1/s1.